The van der Waals surface area contributed by atoms with Crippen LogP contribution >= 0.6 is 11.6 Å². The Morgan fingerprint density at radius 1 is 1.33 bits per heavy atom. The van der Waals surface area contributed by atoms with Gasteiger partial charge in [-0.3, -0.25) is 4.79 Å². The third-order valence-corrected chi connectivity index (χ3v) is 5.02. The summed E-state index contributed by atoms with van der Waals surface area (Å²) < 4.78 is 23.0. The smallest absolute Gasteiger partial charge is 0.224 e. The van der Waals surface area contributed by atoms with Crippen LogP contribution in [0, 0.1) is 0 Å². The zero-order valence-corrected chi connectivity index (χ0v) is 11.5. The van der Waals surface area contributed by atoms with Gasteiger partial charge in [0, 0.05) is 17.6 Å². The van der Waals surface area contributed by atoms with E-state index in [-0.39, 0.29) is 23.5 Å². The number of hydrogen-bond donors (Lipinski definition) is 0. The molecule has 4 nitrogen and oxygen atoms in total. The summed E-state index contributed by atoms with van der Waals surface area (Å²) in [7, 11) is -3.01. The molecule has 1 aliphatic heterocycles. The Morgan fingerprint density at radius 2 is 1.94 bits per heavy atom. The number of nitrogens with zero attached hydrogens (tertiary/aromatic N) is 1. The van der Waals surface area contributed by atoms with Gasteiger partial charge in [-0.25, -0.2) is 8.42 Å². The first kappa shape index (κ1) is 13.4. The van der Waals surface area contributed by atoms with Gasteiger partial charge in [0.1, 0.15) is 0 Å². The molecule has 1 fully saturated rings. The number of benzene rings is 1. The maximum atomic E-state index is 11.7. The van der Waals surface area contributed by atoms with Crippen molar-refractivity contribution >= 4 is 33.0 Å². The summed E-state index contributed by atoms with van der Waals surface area (Å²) in [6.45, 7) is 1.44. The predicted octanol–water partition coefficient (Wildman–Crippen LogP) is 1.88. The highest BCUT2D eigenvalue weighted by atomic mass is 35.5. The minimum Gasteiger partial charge on any atom is -0.309 e. The number of sulfone groups is 1. The molecule has 0 aromatic heterocycles. The molecule has 1 aromatic rings. The fourth-order valence-electron chi connectivity index (χ4n) is 2.23. The van der Waals surface area contributed by atoms with Gasteiger partial charge in [0.2, 0.25) is 5.91 Å². The van der Waals surface area contributed by atoms with E-state index >= 15 is 0 Å². The van der Waals surface area contributed by atoms with E-state index in [0.29, 0.717) is 17.1 Å². The summed E-state index contributed by atoms with van der Waals surface area (Å²) in [6, 6.07) is 6.57. The van der Waals surface area contributed by atoms with Crippen molar-refractivity contribution in [2.24, 2.45) is 0 Å². The van der Waals surface area contributed by atoms with Gasteiger partial charge in [0.05, 0.1) is 17.5 Å². The van der Waals surface area contributed by atoms with Gasteiger partial charge in [-0.2, -0.15) is 0 Å². The van der Waals surface area contributed by atoms with Crippen molar-refractivity contribution in [2.75, 3.05) is 16.4 Å². The molecule has 0 radical (unpaired) electrons. The summed E-state index contributed by atoms with van der Waals surface area (Å²) >= 11 is 5.80. The Balaban J connectivity index is 2.30. The number of halogens is 1. The Kier molecular flexibility index (Phi) is 3.64. The number of rotatable bonds is 2. The number of hydrogen-bond acceptors (Lipinski definition) is 3. The lowest BCUT2D eigenvalue weighted by molar-refractivity contribution is -0.116. The van der Waals surface area contributed by atoms with Crippen LogP contribution in [0.2, 0.25) is 5.02 Å². The average Bonchev–Trinajstić information content (AvgIpc) is 2.61. The number of carbonyl (C=O) groups excluding carboxylic acids is 1. The van der Waals surface area contributed by atoms with Gasteiger partial charge in [-0.05, 0) is 30.7 Å². The predicted molar refractivity (Wildman–Crippen MR) is 71.7 cm³/mol. The fourth-order valence-corrected chi connectivity index (χ4v) is 4.06. The Labute approximate surface area is 111 Å². The third-order valence-electron chi connectivity index (χ3n) is 3.02. The molecule has 18 heavy (non-hydrogen) atoms. The maximum absolute atomic E-state index is 11.7. The SMILES string of the molecule is CC(=O)N(c1ccc(Cl)cc1)[C@@H]1CCS(=O)(=O)C1. The quantitative estimate of drug-likeness (QED) is 0.834. The maximum Gasteiger partial charge on any atom is 0.224 e. The van der Waals surface area contributed by atoms with Gasteiger partial charge in [0.25, 0.3) is 0 Å². The third kappa shape index (κ3) is 2.84. The molecular formula is C12H14ClNO3S. The Morgan fingerprint density at radius 3 is 2.39 bits per heavy atom. The zero-order valence-electron chi connectivity index (χ0n) is 9.97. The molecule has 1 aliphatic rings. The van der Waals surface area contributed by atoms with Crippen molar-refractivity contribution in [3.8, 4) is 0 Å². The van der Waals surface area contributed by atoms with Crippen LogP contribution in [0.3, 0.4) is 0 Å². The molecule has 1 atom stereocenters. The van der Waals surface area contributed by atoms with E-state index in [0.717, 1.165) is 0 Å². The van der Waals surface area contributed by atoms with Crippen LogP contribution in [0.25, 0.3) is 0 Å². The van der Waals surface area contributed by atoms with Crippen molar-refractivity contribution in [3.05, 3.63) is 29.3 Å². The number of carbonyl (C=O) groups is 1. The van der Waals surface area contributed by atoms with Crippen LogP contribution in [0.15, 0.2) is 24.3 Å². The molecule has 1 saturated heterocycles. The largest absolute Gasteiger partial charge is 0.309 e. The lowest BCUT2D eigenvalue weighted by atomic mass is 10.2. The molecule has 0 unspecified atom stereocenters. The molecular weight excluding hydrogens is 274 g/mol. The minimum atomic E-state index is -3.01. The average molecular weight is 288 g/mol. The van der Waals surface area contributed by atoms with Crippen molar-refractivity contribution in [3.63, 3.8) is 0 Å². The van der Waals surface area contributed by atoms with Crippen LogP contribution < -0.4 is 4.90 Å². The molecule has 0 bridgehead atoms. The summed E-state index contributed by atoms with van der Waals surface area (Å²) in [6.07, 6.45) is 0.491. The molecule has 0 saturated carbocycles. The van der Waals surface area contributed by atoms with Crippen LogP contribution in [0.5, 0.6) is 0 Å². The zero-order chi connectivity index (χ0) is 13.3. The van der Waals surface area contributed by atoms with E-state index < -0.39 is 9.84 Å². The lowest BCUT2D eigenvalue weighted by Gasteiger charge is -2.27. The van der Waals surface area contributed by atoms with Crippen molar-refractivity contribution in [2.45, 2.75) is 19.4 Å². The molecule has 0 spiro atoms. The van der Waals surface area contributed by atoms with Gasteiger partial charge in [-0.15, -0.1) is 0 Å². The first-order valence-corrected chi connectivity index (χ1v) is 7.85. The normalized spacial score (nSPS) is 21.8. The molecule has 2 rings (SSSR count). The van der Waals surface area contributed by atoms with E-state index in [9.17, 15) is 13.2 Å². The molecule has 0 N–H and O–H groups in total. The lowest BCUT2D eigenvalue weighted by Crippen LogP contribution is -2.39. The Bertz CT molecular complexity index is 553. The van der Waals surface area contributed by atoms with Gasteiger partial charge >= 0.3 is 0 Å². The molecule has 1 amide bonds. The first-order chi connectivity index (χ1) is 8.39. The molecule has 98 valence electrons. The first-order valence-electron chi connectivity index (χ1n) is 5.65. The molecule has 0 aliphatic carbocycles. The summed E-state index contributed by atoms with van der Waals surface area (Å²) in [5.74, 6) is 0.0315. The van der Waals surface area contributed by atoms with Gasteiger partial charge in [-0.1, -0.05) is 11.6 Å². The topological polar surface area (TPSA) is 54.5 Å². The summed E-state index contributed by atoms with van der Waals surface area (Å²) in [4.78, 5) is 13.3. The summed E-state index contributed by atoms with van der Waals surface area (Å²) in [5.41, 5.74) is 0.689. The van der Waals surface area contributed by atoms with Gasteiger partial charge < -0.3 is 4.90 Å². The van der Waals surface area contributed by atoms with Crippen molar-refractivity contribution < 1.29 is 13.2 Å². The highest BCUT2D eigenvalue weighted by Crippen LogP contribution is 2.25. The van der Waals surface area contributed by atoms with Crippen molar-refractivity contribution in [1.82, 2.24) is 0 Å². The molecule has 6 heteroatoms. The van der Waals surface area contributed by atoms with E-state index in [1.165, 1.54) is 6.92 Å². The molecule has 1 aromatic carbocycles. The van der Waals surface area contributed by atoms with E-state index in [4.69, 9.17) is 11.6 Å². The van der Waals surface area contributed by atoms with Crippen LogP contribution in [0.1, 0.15) is 13.3 Å². The second-order valence-corrected chi connectivity index (χ2v) is 7.09. The van der Waals surface area contributed by atoms with Crippen LogP contribution in [-0.4, -0.2) is 31.9 Å². The standard InChI is InChI=1S/C12H14ClNO3S/c1-9(15)14(11-4-2-10(13)3-5-11)12-6-7-18(16,17)8-12/h2-5,12H,6-8H2,1H3/t12-/m1/s1. The number of anilines is 1. The highest BCUT2D eigenvalue weighted by molar-refractivity contribution is 7.91. The van der Waals surface area contributed by atoms with E-state index in [2.05, 4.69) is 0 Å². The minimum absolute atomic E-state index is 0.0369. The second-order valence-electron chi connectivity index (χ2n) is 4.42. The van der Waals surface area contributed by atoms with Crippen molar-refractivity contribution in [1.29, 1.82) is 0 Å². The van der Waals surface area contributed by atoms with E-state index in [1.54, 1.807) is 29.2 Å². The Hall–Kier alpha value is -1.07. The van der Waals surface area contributed by atoms with Crippen LogP contribution in [-0.2, 0) is 14.6 Å². The van der Waals surface area contributed by atoms with E-state index in [1.807, 2.05) is 0 Å². The second kappa shape index (κ2) is 4.90. The monoisotopic (exact) mass is 287 g/mol. The fraction of sp³-hybridized carbons (Fsp3) is 0.417. The van der Waals surface area contributed by atoms with Crippen LogP contribution in [0.4, 0.5) is 5.69 Å². The highest BCUT2D eigenvalue weighted by Gasteiger charge is 2.34. The molecule has 1 heterocycles. The van der Waals surface area contributed by atoms with Gasteiger partial charge in [0.15, 0.2) is 9.84 Å². The summed E-state index contributed by atoms with van der Waals surface area (Å²) in [5, 5.41) is 0.585. The number of amides is 1.